The first kappa shape index (κ1) is 12.6. The van der Waals surface area contributed by atoms with Gasteiger partial charge in [-0.05, 0) is 19.3 Å². The predicted octanol–water partition coefficient (Wildman–Crippen LogP) is 1.69. The van der Waals surface area contributed by atoms with E-state index in [2.05, 4.69) is 21.8 Å². The van der Waals surface area contributed by atoms with E-state index in [1.54, 1.807) is 0 Å². The van der Waals surface area contributed by atoms with Crippen LogP contribution < -0.4 is 5.32 Å². The number of rotatable bonds is 5. The fourth-order valence-electron chi connectivity index (χ4n) is 2.52. The van der Waals surface area contributed by atoms with Gasteiger partial charge in [0.15, 0.2) is 0 Å². The van der Waals surface area contributed by atoms with Crippen molar-refractivity contribution in [3.63, 3.8) is 0 Å². The molecule has 0 radical (unpaired) electrons. The number of aromatic nitrogens is 2. The normalized spacial score (nSPS) is 25.1. The van der Waals surface area contributed by atoms with E-state index in [0.717, 1.165) is 44.6 Å². The number of nitrogens with zero attached hydrogens (tertiary/aromatic N) is 2. The summed E-state index contributed by atoms with van der Waals surface area (Å²) in [6, 6.07) is 0.246. The first-order chi connectivity index (χ1) is 8.31. The van der Waals surface area contributed by atoms with Crippen LogP contribution in [0.3, 0.4) is 0 Å². The van der Waals surface area contributed by atoms with Crippen molar-refractivity contribution in [2.45, 2.75) is 64.3 Å². The summed E-state index contributed by atoms with van der Waals surface area (Å²) in [6.45, 7) is 3.95. The molecule has 1 fully saturated rings. The second-order valence-corrected chi connectivity index (χ2v) is 4.88. The summed E-state index contributed by atoms with van der Waals surface area (Å²) < 4.78 is 2.18. The molecular weight excluding hydrogens is 214 g/mol. The largest absolute Gasteiger partial charge is 0.392 e. The summed E-state index contributed by atoms with van der Waals surface area (Å²) in [5.41, 5.74) is 0. The van der Waals surface area contributed by atoms with Crippen molar-refractivity contribution in [3.8, 4) is 0 Å². The molecule has 4 nitrogen and oxygen atoms in total. The number of aliphatic hydroxyl groups is 1. The molecule has 0 aromatic carbocycles. The maximum Gasteiger partial charge on any atom is 0.122 e. The molecule has 1 aliphatic carbocycles. The van der Waals surface area contributed by atoms with Gasteiger partial charge in [-0.25, -0.2) is 4.98 Å². The average Bonchev–Trinajstić information content (AvgIpc) is 2.76. The van der Waals surface area contributed by atoms with E-state index in [9.17, 15) is 5.11 Å². The van der Waals surface area contributed by atoms with Gasteiger partial charge in [0.2, 0.25) is 0 Å². The maximum absolute atomic E-state index is 9.88. The summed E-state index contributed by atoms with van der Waals surface area (Å²) in [4.78, 5) is 4.36. The van der Waals surface area contributed by atoms with Crippen molar-refractivity contribution in [1.82, 2.24) is 14.9 Å². The quantitative estimate of drug-likeness (QED) is 0.819. The van der Waals surface area contributed by atoms with Crippen molar-refractivity contribution in [2.24, 2.45) is 0 Å². The van der Waals surface area contributed by atoms with Crippen LogP contribution in [0.15, 0.2) is 12.4 Å². The number of imidazole rings is 1. The van der Waals surface area contributed by atoms with Crippen LogP contribution in [0.4, 0.5) is 0 Å². The minimum Gasteiger partial charge on any atom is -0.392 e. The lowest BCUT2D eigenvalue weighted by Crippen LogP contribution is -2.42. The lowest BCUT2D eigenvalue weighted by atomic mass is 9.93. The van der Waals surface area contributed by atoms with Crippen LogP contribution in [0.25, 0.3) is 0 Å². The molecule has 1 aromatic rings. The molecule has 2 N–H and O–H groups in total. The van der Waals surface area contributed by atoms with Crippen molar-refractivity contribution in [3.05, 3.63) is 18.2 Å². The van der Waals surface area contributed by atoms with Gasteiger partial charge in [-0.3, -0.25) is 0 Å². The highest BCUT2D eigenvalue weighted by Crippen LogP contribution is 2.18. The maximum atomic E-state index is 9.88. The Hall–Kier alpha value is -0.870. The van der Waals surface area contributed by atoms with Crippen LogP contribution >= 0.6 is 0 Å². The molecule has 4 heteroatoms. The first-order valence-electron chi connectivity index (χ1n) is 6.72. The van der Waals surface area contributed by atoms with Gasteiger partial charge in [0.05, 0.1) is 12.6 Å². The average molecular weight is 237 g/mol. The molecule has 0 aliphatic heterocycles. The first-order valence-corrected chi connectivity index (χ1v) is 6.72. The number of hydrogen-bond donors (Lipinski definition) is 2. The highest BCUT2D eigenvalue weighted by molar-refractivity contribution is 4.93. The van der Waals surface area contributed by atoms with E-state index < -0.39 is 0 Å². The van der Waals surface area contributed by atoms with Crippen molar-refractivity contribution < 1.29 is 5.11 Å². The van der Waals surface area contributed by atoms with Gasteiger partial charge >= 0.3 is 0 Å². The second kappa shape index (κ2) is 6.17. The minimum absolute atomic E-state index is 0.182. The molecule has 1 aromatic heterocycles. The summed E-state index contributed by atoms with van der Waals surface area (Å²) in [5, 5.41) is 13.3. The van der Waals surface area contributed by atoms with Crippen molar-refractivity contribution >= 4 is 0 Å². The summed E-state index contributed by atoms with van der Waals surface area (Å²) >= 11 is 0. The van der Waals surface area contributed by atoms with Crippen molar-refractivity contribution in [2.75, 3.05) is 0 Å². The molecule has 0 bridgehead atoms. The summed E-state index contributed by atoms with van der Waals surface area (Å²) in [7, 11) is 0. The Bertz CT molecular complexity index is 337. The predicted molar refractivity (Wildman–Crippen MR) is 67.6 cm³/mol. The van der Waals surface area contributed by atoms with Gasteiger partial charge in [0.1, 0.15) is 5.82 Å². The number of aliphatic hydroxyl groups excluding tert-OH is 1. The van der Waals surface area contributed by atoms with E-state index in [1.165, 1.54) is 6.42 Å². The number of hydrogen-bond acceptors (Lipinski definition) is 3. The van der Waals surface area contributed by atoms with E-state index in [0.29, 0.717) is 0 Å². The van der Waals surface area contributed by atoms with Crippen LogP contribution in [0.1, 0.15) is 44.9 Å². The summed E-state index contributed by atoms with van der Waals surface area (Å²) in [5.74, 6) is 1.07. The van der Waals surface area contributed by atoms with Gasteiger partial charge < -0.3 is 15.0 Å². The molecule has 2 atom stereocenters. The molecule has 1 heterocycles. The molecule has 0 saturated heterocycles. The highest BCUT2D eigenvalue weighted by atomic mass is 16.3. The van der Waals surface area contributed by atoms with E-state index in [-0.39, 0.29) is 12.1 Å². The molecule has 1 aliphatic rings. The number of aryl methyl sites for hydroxylation is 1. The molecule has 1 saturated carbocycles. The van der Waals surface area contributed by atoms with Crippen LogP contribution in [0, 0.1) is 0 Å². The van der Waals surface area contributed by atoms with Gasteiger partial charge in [-0.2, -0.15) is 0 Å². The molecule has 17 heavy (non-hydrogen) atoms. The standard InChI is InChI=1S/C13H23N3O/c1-2-8-16-9-7-14-13(16)10-15-11-5-3-4-6-12(11)17/h7,9,11-12,15,17H,2-6,8,10H2,1H3. The SMILES string of the molecule is CCCn1ccnc1CNC1CCCCC1O. The molecule has 2 rings (SSSR count). The van der Waals surface area contributed by atoms with Gasteiger partial charge in [0.25, 0.3) is 0 Å². The zero-order valence-electron chi connectivity index (χ0n) is 10.6. The lowest BCUT2D eigenvalue weighted by Gasteiger charge is -2.28. The van der Waals surface area contributed by atoms with Gasteiger partial charge in [0, 0.05) is 25.0 Å². The fourth-order valence-corrected chi connectivity index (χ4v) is 2.52. The van der Waals surface area contributed by atoms with Gasteiger partial charge in [-0.1, -0.05) is 19.8 Å². The zero-order valence-corrected chi connectivity index (χ0v) is 10.6. The van der Waals surface area contributed by atoms with Crippen LogP contribution in [0.2, 0.25) is 0 Å². The van der Waals surface area contributed by atoms with Crippen LogP contribution in [0.5, 0.6) is 0 Å². The third-order valence-corrected chi connectivity index (χ3v) is 3.52. The molecule has 0 spiro atoms. The highest BCUT2D eigenvalue weighted by Gasteiger charge is 2.22. The lowest BCUT2D eigenvalue weighted by molar-refractivity contribution is 0.0897. The molecular formula is C13H23N3O. The van der Waals surface area contributed by atoms with Crippen LogP contribution in [-0.2, 0) is 13.1 Å². The minimum atomic E-state index is -0.182. The molecule has 2 unspecified atom stereocenters. The van der Waals surface area contributed by atoms with E-state index >= 15 is 0 Å². The number of nitrogens with one attached hydrogen (secondary N) is 1. The molecule has 0 amide bonds. The second-order valence-electron chi connectivity index (χ2n) is 4.88. The Morgan fingerprint density at radius 1 is 1.47 bits per heavy atom. The summed E-state index contributed by atoms with van der Waals surface area (Å²) in [6.07, 6.45) is 9.20. The van der Waals surface area contributed by atoms with E-state index in [1.807, 2.05) is 12.4 Å². The van der Waals surface area contributed by atoms with Crippen molar-refractivity contribution in [1.29, 1.82) is 0 Å². The zero-order chi connectivity index (χ0) is 12.1. The smallest absolute Gasteiger partial charge is 0.122 e. The fraction of sp³-hybridized carbons (Fsp3) is 0.769. The van der Waals surface area contributed by atoms with Crippen LogP contribution in [-0.4, -0.2) is 26.8 Å². The Labute approximate surface area is 103 Å². The monoisotopic (exact) mass is 237 g/mol. The Morgan fingerprint density at radius 3 is 3.06 bits per heavy atom. The topological polar surface area (TPSA) is 50.1 Å². The third-order valence-electron chi connectivity index (χ3n) is 3.52. The molecule has 96 valence electrons. The van der Waals surface area contributed by atoms with Gasteiger partial charge in [-0.15, -0.1) is 0 Å². The third kappa shape index (κ3) is 3.30. The Balaban J connectivity index is 1.86. The Morgan fingerprint density at radius 2 is 2.29 bits per heavy atom. The van der Waals surface area contributed by atoms with E-state index in [4.69, 9.17) is 0 Å². The Kier molecular flexibility index (Phi) is 4.57.